The minimum atomic E-state index is -1.00. The molecule has 1 aliphatic rings. The van der Waals surface area contributed by atoms with Gasteiger partial charge in [-0.25, -0.2) is 13.7 Å². The SMILES string of the molecule is CCCc1c(Cc2ccc(-c3ccccc3C#N)cc2F)c(=O)n([C@H]2C[C@@H](OC(CC)C(=O)O)C2)c2nc(C)nn12. The molecule has 5 rings (SSSR count). The number of rotatable bonds is 10. The number of benzene rings is 2. The van der Waals surface area contributed by atoms with Gasteiger partial charge < -0.3 is 9.84 Å². The summed E-state index contributed by atoms with van der Waals surface area (Å²) in [6.45, 7) is 5.53. The Balaban J connectivity index is 1.53. The molecule has 2 aromatic carbocycles. The zero-order valence-corrected chi connectivity index (χ0v) is 23.3. The van der Waals surface area contributed by atoms with E-state index < -0.39 is 17.9 Å². The lowest BCUT2D eigenvalue weighted by Crippen LogP contribution is -2.43. The van der Waals surface area contributed by atoms with Crippen molar-refractivity contribution in [1.82, 2.24) is 19.2 Å². The van der Waals surface area contributed by atoms with Crippen LogP contribution >= 0.6 is 0 Å². The van der Waals surface area contributed by atoms with Gasteiger partial charge in [-0.1, -0.05) is 50.6 Å². The topological polar surface area (TPSA) is 123 Å². The van der Waals surface area contributed by atoms with Crippen molar-refractivity contribution < 1.29 is 19.0 Å². The molecule has 0 bridgehead atoms. The zero-order valence-electron chi connectivity index (χ0n) is 23.3. The highest BCUT2D eigenvalue weighted by Gasteiger charge is 2.37. The van der Waals surface area contributed by atoms with Crippen LogP contribution in [0.1, 0.15) is 73.8 Å². The van der Waals surface area contributed by atoms with E-state index in [0.29, 0.717) is 70.8 Å². The van der Waals surface area contributed by atoms with Crippen LogP contribution in [0.3, 0.4) is 0 Å². The summed E-state index contributed by atoms with van der Waals surface area (Å²) < 4.78 is 24.6. The molecule has 9 nitrogen and oxygen atoms in total. The fourth-order valence-corrected chi connectivity index (χ4v) is 5.53. The van der Waals surface area contributed by atoms with E-state index in [0.717, 1.165) is 6.42 Å². The summed E-state index contributed by atoms with van der Waals surface area (Å²) >= 11 is 0. The first-order valence-electron chi connectivity index (χ1n) is 13.9. The van der Waals surface area contributed by atoms with E-state index in [1.165, 1.54) is 6.07 Å². The molecule has 1 aliphatic carbocycles. The predicted molar refractivity (Wildman–Crippen MR) is 150 cm³/mol. The van der Waals surface area contributed by atoms with Crippen LogP contribution in [0.2, 0.25) is 0 Å². The molecule has 0 amide bonds. The van der Waals surface area contributed by atoms with Gasteiger partial charge in [-0.2, -0.15) is 15.3 Å². The minimum Gasteiger partial charge on any atom is -0.479 e. The van der Waals surface area contributed by atoms with Crippen LogP contribution in [-0.4, -0.2) is 42.4 Å². The molecule has 1 atom stereocenters. The molecule has 41 heavy (non-hydrogen) atoms. The molecule has 0 spiro atoms. The predicted octanol–water partition coefficient (Wildman–Crippen LogP) is 5.00. The lowest BCUT2D eigenvalue weighted by atomic mass is 9.88. The van der Waals surface area contributed by atoms with Gasteiger partial charge in [-0.05, 0) is 61.4 Å². The molecule has 1 saturated carbocycles. The maximum Gasteiger partial charge on any atom is 0.332 e. The van der Waals surface area contributed by atoms with Crippen molar-refractivity contribution in [2.75, 3.05) is 0 Å². The fraction of sp³-hybridized carbons (Fsp3) is 0.387. The Morgan fingerprint density at radius 1 is 1.24 bits per heavy atom. The second-order valence-electron chi connectivity index (χ2n) is 10.5. The highest BCUT2D eigenvalue weighted by atomic mass is 19.1. The number of hydrogen-bond donors (Lipinski definition) is 1. The second-order valence-corrected chi connectivity index (χ2v) is 10.5. The normalized spacial score (nSPS) is 17.2. The molecule has 10 heteroatoms. The first kappa shape index (κ1) is 28.2. The summed E-state index contributed by atoms with van der Waals surface area (Å²) in [6.07, 6.45) is 1.51. The van der Waals surface area contributed by atoms with Crippen molar-refractivity contribution in [2.45, 2.75) is 77.5 Å². The molecule has 4 aromatic rings. The summed E-state index contributed by atoms with van der Waals surface area (Å²) in [5.74, 6) is -0.519. The van der Waals surface area contributed by atoms with Gasteiger partial charge in [0, 0.05) is 18.0 Å². The third kappa shape index (κ3) is 5.37. The maximum absolute atomic E-state index is 15.5. The summed E-state index contributed by atoms with van der Waals surface area (Å²) in [5.41, 5.74) is 2.95. The highest BCUT2D eigenvalue weighted by molar-refractivity contribution is 5.72. The summed E-state index contributed by atoms with van der Waals surface area (Å²) in [4.78, 5) is 30.1. The second kappa shape index (κ2) is 11.6. The van der Waals surface area contributed by atoms with E-state index in [4.69, 9.17) is 4.74 Å². The number of aromatic nitrogens is 4. The van der Waals surface area contributed by atoms with E-state index in [9.17, 15) is 20.0 Å². The van der Waals surface area contributed by atoms with Gasteiger partial charge in [-0.15, -0.1) is 0 Å². The molecule has 0 saturated heterocycles. The average Bonchev–Trinajstić information content (AvgIpc) is 3.32. The number of nitrogens with zero attached hydrogens (tertiary/aromatic N) is 5. The van der Waals surface area contributed by atoms with E-state index in [1.54, 1.807) is 59.3 Å². The van der Waals surface area contributed by atoms with Crippen LogP contribution in [0.5, 0.6) is 0 Å². The van der Waals surface area contributed by atoms with Crippen LogP contribution in [-0.2, 0) is 22.4 Å². The molecule has 1 fully saturated rings. The summed E-state index contributed by atoms with van der Waals surface area (Å²) in [6, 6.07) is 13.8. The number of halogens is 1. The number of carboxylic acids is 1. The van der Waals surface area contributed by atoms with Gasteiger partial charge in [0.25, 0.3) is 5.56 Å². The van der Waals surface area contributed by atoms with Crippen LogP contribution in [0, 0.1) is 24.1 Å². The number of carboxylic acid groups (broad SMARTS) is 1. The Morgan fingerprint density at radius 3 is 2.66 bits per heavy atom. The lowest BCUT2D eigenvalue weighted by molar-refractivity contribution is -0.160. The molecule has 2 heterocycles. The number of carbonyl (C=O) groups is 1. The number of nitriles is 1. The zero-order chi connectivity index (χ0) is 29.3. The van der Waals surface area contributed by atoms with Crippen molar-refractivity contribution in [2.24, 2.45) is 0 Å². The van der Waals surface area contributed by atoms with E-state index >= 15 is 4.39 Å². The summed E-state index contributed by atoms with van der Waals surface area (Å²) in [5, 5.41) is 23.4. The Morgan fingerprint density at radius 2 is 2.00 bits per heavy atom. The van der Waals surface area contributed by atoms with E-state index in [1.807, 2.05) is 6.92 Å². The van der Waals surface area contributed by atoms with Crippen molar-refractivity contribution in [3.8, 4) is 17.2 Å². The number of ether oxygens (including phenoxy) is 1. The number of aliphatic carboxylic acids is 1. The van der Waals surface area contributed by atoms with E-state index in [-0.39, 0.29) is 24.1 Å². The van der Waals surface area contributed by atoms with Gasteiger partial charge in [0.1, 0.15) is 11.6 Å². The molecule has 1 N–H and O–H groups in total. The average molecular weight is 558 g/mol. The van der Waals surface area contributed by atoms with Crippen molar-refractivity contribution in [1.29, 1.82) is 5.26 Å². The largest absolute Gasteiger partial charge is 0.479 e. The van der Waals surface area contributed by atoms with Crippen LogP contribution < -0.4 is 5.56 Å². The van der Waals surface area contributed by atoms with Crippen LogP contribution in [0.15, 0.2) is 47.3 Å². The Hall–Kier alpha value is -4.36. The third-order valence-corrected chi connectivity index (χ3v) is 7.70. The molecule has 1 unspecified atom stereocenters. The highest BCUT2D eigenvalue weighted by Crippen LogP contribution is 2.36. The Labute approximate surface area is 236 Å². The van der Waals surface area contributed by atoms with Crippen molar-refractivity contribution in [3.63, 3.8) is 0 Å². The molecular formula is C31H32FN5O4. The van der Waals surface area contributed by atoms with Gasteiger partial charge >= 0.3 is 5.97 Å². The van der Waals surface area contributed by atoms with Crippen LogP contribution in [0.25, 0.3) is 16.9 Å². The monoisotopic (exact) mass is 557 g/mol. The Kier molecular flexibility index (Phi) is 7.99. The molecule has 0 radical (unpaired) electrons. The van der Waals surface area contributed by atoms with Gasteiger partial charge in [0.05, 0.1) is 23.4 Å². The maximum atomic E-state index is 15.5. The van der Waals surface area contributed by atoms with Gasteiger partial charge in [0.2, 0.25) is 5.78 Å². The minimum absolute atomic E-state index is 0.0681. The van der Waals surface area contributed by atoms with E-state index in [2.05, 4.69) is 16.2 Å². The number of fused-ring (bicyclic) bond motifs is 1. The number of aryl methyl sites for hydroxylation is 2. The third-order valence-electron chi connectivity index (χ3n) is 7.70. The number of hydrogen-bond acceptors (Lipinski definition) is 6. The summed E-state index contributed by atoms with van der Waals surface area (Å²) in [7, 11) is 0. The van der Waals surface area contributed by atoms with Gasteiger partial charge in [-0.3, -0.25) is 9.36 Å². The van der Waals surface area contributed by atoms with Crippen molar-refractivity contribution in [3.05, 3.63) is 86.8 Å². The molecule has 0 aliphatic heterocycles. The standard InChI is InChI=1S/C31H32FN5O4/c1-4-8-27-25(13-20-12-11-19(14-26(20)32)24-10-7-6-9-21(24)17-33)29(38)36(31-34-18(3)35-37(27)31)22-15-23(16-22)41-28(5-2)30(39)40/h6-7,9-12,14,22-23,28H,4-5,8,13,15-16H2,1-3H3,(H,39,40)/t22-,23+,28?. The lowest BCUT2D eigenvalue weighted by Gasteiger charge is -2.37. The Bertz CT molecular complexity index is 1710. The quantitative estimate of drug-likeness (QED) is 0.291. The van der Waals surface area contributed by atoms with Crippen LogP contribution in [0.4, 0.5) is 4.39 Å². The molecular weight excluding hydrogens is 525 g/mol. The first-order chi connectivity index (χ1) is 19.7. The van der Waals surface area contributed by atoms with Gasteiger partial charge in [0.15, 0.2) is 6.10 Å². The van der Waals surface area contributed by atoms with Crippen molar-refractivity contribution >= 4 is 11.7 Å². The fourth-order valence-electron chi connectivity index (χ4n) is 5.53. The first-order valence-corrected chi connectivity index (χ1v) is 13.9. The smallest absolute Gasteiger partial charge is 0.332 e. The molecule has 2 aromatic heterocycles. The molecule has 212 valence electrons.